The van der Waals surface area contributed by atoms with Gasteiger partial charge in [-0.15, -0.1) is 11.3 Å². The van der Waals surface area contributed by atoms with Gasteiger partial charge in [0, 0.05) is 4.88 Å². The van der Waals surface area contributed by atoms with Crippen molar-refractivity contribution < 1.29 is 4.79 Å². The Balaban J connectivity index is 1.54. The van der Waals surface area contributed by atoms with Crippen LogP contribution in [0.1, 0.15) is 17.0 Å². The quantitative estimate of drug-likeness (QED) is 0.798. The van der Waals surface area contributed by atoms with E-state index in [4.69, 9.17) is 0 Å². The molecule has 0 spiro atoms. The second-order valence-electron chi connectivity index (χ2n) is 5.49. The smallest absolute Gasteiger partial charge is 0.261 e. The lowest BCUT2D eigenvalue weighted by Crippen LogP contribution is -2.27. The summed E-state index contributed by atoms with van der Waals surface area (Å²) in [5.41, 5.74) is 1.51. The molecule has 23 heavy (non-hydrogen) atoms. The van der Waals surface area contributed by atoms with E-state index in [1.54, 1.807) is 18.2 Å². The van der Waals surface area contributed by atoms with Gasteiger partial charge in [0.1, 0.15) is 6.54 Å². The topological polar surface area (TPSA) is 76.9 Å². The Kier molecular flexibility index (Phi) is 3.42. The number of fused-ring (bicyclic) bond motifs is 2. The standard InChI is InChI=1S/C16H14N4O2S/c21-14(19-16-18-12-6-3-7-13(12)23-16)8-20-9-17-11-5-2-1-4-10(11)15(20)22/h1-2,4-5,9H,3,6-8H2,(H,18,19,21). The molecule has 3 aromatic rings. The van der Waals surface area contributed by atoms with Gasteiger partial charge in [0.2, 0.25) is 5.91 Å². The molecule has 0 saturated carbocycles. The number of carbonyl (C=O) groups excluding carboxylic acids is 1. The van der Waals surface area contributed by atoms with E-state index in [0.717, 1.165) is 25.0 Å². The highest BCUT2D eigenvalue weighted by Gasteiger charge is 2.18. The SMILES string of the molecule is O=C(Cn1cnc2ccccc2c1=O)Nc1nc2c(s1)CCC2. The number of amides is 1. The van der Waals surface area contributed by atoms with Gasteiger partial charge in [-0.05, 0) is 31.4 Å². The first-order chi connectivity index (χ1) is 11.2. The maximum absolute atomic E-state index is 12.4. The van der Waals surface area contributed by atoms with E-state index >= 15 is 0 Å². The van der Waals surface area contributed by atoms with Crippen LogP contribution in [0.4, 0.5) is 5.13 Å². The Morgan fingerprint density at radius 1 is 1.30 bits per heavy atom. The number of carbonyl (C=O) groups is 1. The minimum Gasteiger partial charge on any atom is -0.300 e. The number of aromatic nitrogens is 3. The molecule has 2 heterocycles. The third-order valence-corrected chi connectivity index (χ3v) is 4.96. The molecular formula is C16H14N4O2S. The van der Waals surface area contributed by atoms with Crippen molar-refractivity contribution in [1.29, 1.82) is 0 Å². The molecular weight excluding hydrogens is 312 g/mol. The largest absolute Gasteiger partial charge is 0.300 e. The molecule has 6 nitrogen and oxygen atoms in total. The first-order valence-electron chi connectivity index (χ1n) is 7.43. The van der Waals surface area contributed by atoms with E-state index < -0.39 is 0 Å². The highest BCUT2D eigenvalue weighted by atomic mass is 32.1. The summed E-state index contributed by atoms with van der Waals surface area (Å²) >= 11 is 1.52. The molecule has 1 N–H and O–H groups in total. The van der Waals surface area contributed by atoms with E-state index in [0.29, 0.717) is 16.0 Å². The monoisotopic (exact) mass is 326 g/mol. The van der Waals surface area contributed by atoms with Crippen molar-refractivity contribution in [2.45, 2.75) is 25.8 Å². The van der Waals surface area contributed by atoms with Crippen molar-refractivity contribution in [2.75, 3.05) is 5.32 Å². The lowest BCUT2D eigenvalue weighted by molar-refractivity contribution is -0.116. The maximum Gasteiger partial charge on any atom is 0.261 e. The number of aryl methyl sites for hydroxylation is 2. The van der Waals surface area contributed by atoms with Crippen molar-refractivity contribution in [2.24, 2.45) is 0 Å². The molecule has 0 saturated heterocycles. The van der Waals surface area contributed by atoms with Crippen molar-refractivity contribution in [3.63, 3.8) is 0 Å². The number of benzene rings is 1. The lowest BCUT2D eigenvalue weighted by atomic mass is 10.2. The van der Waals surface area contributed by atoms with Crippen LogP contribution in [0.5, 0.6) is 0 Å². The van der Waals surface area contributed by atoms with Crippen LogP contribution >= 0.6 is 11.3 Å². The average molecular weight is 326 g/mol. The van der Waals surface area contributed by atoms with Crippen LogP contribution in [-0.4, -0.2) is 20.4 Å². The van der Waals surface area contributed by atoms with E-state index in [2.05, 4.69) is 15.3 Å². The summed E-state index contributed by atoms with van der Waals surface area (Å²) in [7, 11) is 0. The minimum atomic E-state index is -0.267. The summed E-state index contributed by atoms with van der Waals surface area (Å²) in [5.74, 6) is -0.267. The van der Waals surface area contributed by atoms with Crippen LogP contribution in [0.25, 0.3) is 10.9 Å². The van der Waals surface area contributed by atoms with E-state index in [9.17, 15) is 9.59 Å². The molecule has 1 amide bonds. The summed E-state index contributed by atoms with van der Waals surface area (Å²) < 4.78 is 1.32. The van der Waals surface area contributed by atoms with Gasteiger partial charge in [-0.2, -0.15) is 0 Å². The zero-order valence-electron chi connectivity index (χ0n) is 12.3. The molecule has 1 aromatic carbocycles. The minimum absolute atomic E-state index is 0.0685. The van der Waals surface area contributed by atoms with Gasteiger partial charge in [-0.25, -0.2) is 9.97 Å². The Morgan fingerprint density at radius 3 is 3.04 bits per heavy atom. The number of anilines is 1. The van der Waals surface area contributed by atoms with Crippen molar-refractivity contribution in [3.8, 4) is 0 Å². The lowest BCUT2D eigenvalue weighted by Gasteiger charge is -2.06. The van der Waals surface area contributed by atoms with Crippen LogP contribution < -0.4 is 10.9 Å². The van der Waals surface area contributed by atoms with Crippen molar-refractivity contribution in [3.05, 3.63) is 51.5 Å². The first-order valence-corrected chi connectivity index (χ1v) is 8.25. The Morgan fingerprint density at radius 2 is 2.17 bits per heavy atom. The summed E-state index contributed by atoms with van der Waals surface area (Å²) in [6.07, 6.45) is 4.57. The molecule has 0 fully saturated rings. The van der Waals surface area contributed by atoms with Gasteiger partial charge in [0.15, 0.2) is 5.13 Å². The average Bonchev–Trinajstić information content (AvgIpc) is 3.11. The summed E-state index contributed by atoms with van der Waals surface area (Å²) in [4.78, 5) is 34.4. The molecule has 0 bridgehead atoms. The summed E-state index contributed by atoms with van der Waals surface area (Å²) in [6.45, 7) is -0.0685. The van der Waals surface area contributed by atoms with E-state index in [1.807, 2.05) is 6.07 Å². The van der Waals surface area contributed by atoms with Gasteiger partial charge < -0.3 is 5.32 Å². The van der Waals surface area contributed by atoms with Crippen LogP contribution in [0, 0.1) is 0 Å². The third kappa shape index (κ3) is 2.63. The Hall–Kier alpha value is -2.54. The normalized spacial score (nSPS) is 13.2. The van der Waals surface area contributed by atoms with Crippen molar-refractivity contribution >= 4 is 33.3 Å². The highest BCUT2D eigenvalue weighted by Crippen LogP contribution is 2.30. The number of para-hydroxylation sites is 1. The van der Waals surface area contributed by atoms with Gasteiger partial charge in [0.25, 0.3) is 5.56 Å². The van der Waals surface area contributed by atoms with Crippen molar-refractivity contribution in [1.82, 2.24) is 14.5 Å². The van der Waals surface area contributed by atoms with Gasteiger partial charge in [-0.3, -0.25) is 14.2 Å². The first kappa shape index (κ1) is 14.1. The Labute approximate surface area is 135 Å². The molecule has 1 aliphatic rings. The van der Waals surface area contributed by atoms with Crippen LogP contribution in [0.3, 0.4) is 0 Å². The molecule has 7 heteroatoms. The molecule has 116 valence electrons. The Bertz CT molecular complexity index is 939. The molecule has 4 rings (SSSR count). The van der Waals surface area contributed by atoms with Gasteiger partial charge >= 0.3 is 0 Å². The molecule has 0 unspecified atom stereocenters. The maximum atomic E-state index is 12.4. The fourth-order valence-electron chi connectivity index (χ4n) is 2.78. The fourth-order valence-corrected chi connectivity index (χ4v) is 3.84. The van der Waals surface area contributed by atoms with Crippen LogP contribution in [-0.2, 0) is 24.2 Å². The van der Waals surface area contributed by atoms with E-state index in [-0.39, 0.29) is 18.0 Å². The molecule has 0 radical (unpaired) electrons. The second-order valence-corrected chi connectivity index (χ2v) is 6.57. The molecule has 1 aliphatic carbocycles. The summed E-state index contributed by atoms with van der Waals surface area (Å²) in [6, 6.07) is 7.10. The number of nitrogens with zero attached hydrogens (tertiary/aromatic N) is 3. The highest BCUT2D eigenvalue weighted by molar-refractivity contribution is 7.15. The summed E-state index contributed by atoms with van der Waals surface area (Å²) in [5, 5.41) is 3.90. The number of nitrogens with one attached hydrogen (secondary N) is 1. The van der Waals surface area contributed by atoms with Crippen LogP contribution in [0.2, 0.25) is 0 Å². The molecule has 0 atom stereocenters. The molecule has 0 aliphatic heterocycles. The third-order valence-electron chi connectivity index (χ3n) is 3.89. The van der Waals surface area contributed by atoms with Gasteiger partial charge in [-0.1, -0.05) is 12.1 Å². The number of hydrogen-bond donors (Lipinski definition) is 1. The number of rotatable bonds is 3. The predicted molar refractivity (Wildman–Crippen MR) is 88.8 cm³/mol. The fraction of sp³-hybridized carbons (Fsp3) is 0.250. The zero-order chi connectivity index (χ0) is 15.8. The number of hydrogen-bond acceptors (Lipinski definition) is 5. The van der Waals surface area contributed by atoms with Crippen LogP contribution in [0.15, 0.2) is 35.4 Å². The predicted octanol–water partition coefficient (Wildman–Crippen LogP) is 1.98. The zero-order valence-corrected chi connectivity index (χ0v) is 13.1. The molecule has 2 aromatic heterocycles. The second kappa shape index (κ2) is 5.58. The van der Waals surface area contributed by atoms with Gasteiger partial charge in [0.05, 0.1) is 22.9 Å². The number of thiazole rings is 1. The van der Waals surface area contributed by atoms with E-state index in [1.165, 1.54) is 27.1 Å².